The van der Waals surface area contributed by atoms with Crippen molar-refractivity contribution < 1.29 is 4.79 Å². The Morgan fingerprint density at radius 1 is 1.37 bits per heavy atom. The van der Waals surface area contributed by atoms with Crippen LogP contribution in [0.15, 0.2) is 36.7 Å². The van der Waals surface area contributed by atoms with E-state index in [9.17, 15) is 4.79 Å². The van der Waals surface area contributed by atoms with E-state index in [-0.39, 0.29) is 18.3 Å². The summed E-state index contributed by atoms with van der Waals surface area (Å²) in [7, 11) is 0. The van der Waals surface area contributed by atoms with E-state index in [0.29, 0.717) is 11.3 Å². The van der Waals surface area contributed by atoms with E-state index >= 15 is 0 Å². The third kappa shape index (κ3) is 2.96. The number of hydrogen-bond donors (Lipinski definition) is 1. The lowest BCUT2D eigenvalue weighted by Gasteiger charge is -2.06. The Morgan fingerprint density at radius 2 is 2.21 bits per heavy atom. The molecule has 0 saturated heterocycles. The second kappa shape index (κ2) is 5.48. The number of benzene rings is 1. The number of amides is 1. The lowest BCUT2D eigenvalue weighted by atomic mass is 10.2. The Kier molecular flexibility index (Phi) is 3.56. The van der Waals surface area contributed by atoms with Gasteiger partial charge in [0, 0.05) is 18.1 Å². The number of nitrogens with zero attached hydrogens (tertiary/aromatic N) is 4. The summed E-state index contributed by atoms with van der Waals surface area (Å²) in [5, 5.41) is 20.2. The van der Waals surface area contributed by atoms with Gasteiger partial charge in [-0.05, 0) is 18.2 Å². The molecule has 0 aliphatic carbocycles. The predicted molar refractivity (Wildman–Crippen MR) is 66.7 cm³/mol. The fourth-order valence-electron chi connectivity index (χ4n) is 1.57. The van der Waals surface area contributed by atoms with Crippen LogP contribution in [0, 0.1) is 22.7 Å². The summed E-state index contributed by atoms with van der Waals surface area (Å²) in [5.74, 6) is -0.106. The van der Waals surface area contributed by atoms with Crippen LogP contribution in [0.5, 0.6) is 0 Å². The first-order valence-corrected chi connectivity index (χ1v) is 5.44. The number of aromatic nitrogens is 2. The van der Waals surface area contributed by atoms with Crippen LogP contribution in [-0.2, 0) is 11.3 Å². The monoisotopic (exact) mass is 251 g/mol. The lowest BCUT2D eigenvalue weighted by Crippen LogP contribution is -2.19. The summed E-state index contributed by atoms with van der Waals surface area (Å²) in [6.07, 6.45) is 3.02. The molecule has 1 N–H and O–H groups in total. The highest BCUT2D eigenvalue weighted by molar-refractivity contribution is 5.90. The van der Waals surface area contributed by atoms with Gasteiger partial charge in [-0.15, -0.1) is 0 Å². The minimum atomic E-state index is -0.287. The number of anilines is 1. The first-order chi connectivity index (χ1) is 9.22. The van der Waals surface area contributed by atoms with Gasteiger partial charge in [0.05, 0.1) is 11.6 Å². The number of nitrogens with one attached hydrogen (secondary N) is 1. The zero-order valence-electron chi connectivity index (χ0n) is 9.87. The summed E-state index contributed by atoms with van der Waals surface area (Å²) >= 11 is 0. The normalized spacial score (nSPS) is 9.37. The topological polar surface area (TPSA) is 94.5 Å². The molecule has 6 heteroatoms. The fraction of sp³-hybridized carbons (Fsp3) is 0.0769. The second-order valence-corrected chi connectivity index (χ2v) is 3.73. The van der Waals surface area contributed by atoms with Gasteiger partial charge in [0.2, 0.25) is 11.7 Å². The third-order valence-electron chi connectivity index (χ3n) is 2.40. The SMILES string of the molecule is N#Cc1cccc(NC(=O)Cn2ccnc2C#N)c1. The molecule has 1 aromatic heterocycles. The van der Waals surface area contributed by atoms with Crippen LogP contribution in [0.2, 0.25) is 0 Å². The summed E-state index contributed by atoms with van der Waals surface area (Å²) in [6.45, 7) is -0.000323. The molecule has 0 bridgehead atoms. The van der Waals surface area contributed by atoms with Gasteiger partial charge < -0.3 is 9.88 Å². The molecule has 0 radical (unpaired) electrons. The molecular weight excluding hydrogens is 242 g/mol. The second-order valence-electron chi connectivity index (χ2n) is 3.73. The van der Waals surface area contributed by atoms with Crippen molar-refractivity contribution in [1.29, 1.82) is 10.5 Å². The zero-order valence-corrected chi connectivity index (χ0v) is 9.87. The van der Waals surface area contributed by atoms with Crippen molar-refractivity contribution in [1.82, 2.24) is 9.55 Å². The molecule has 92 valence electrons. The maximum absolute atomic E-state index is 11.8. The van der Waals surface area contributed by atoms with Crippen molar-refractivity contribution in [3.8, 4) is 12.1 Å². The Hall–Kier alpha value is -3.12. The maximum Gasteiger partial charge on any atom is 0.244 e. The molecule has 1 aromatic carbocycles. The van der Waals surface area contributed by atoms with E-state index in [4.69, 9.17) is 10.5 Å². The van der Waals surface area contributed by atoms with Crippen molar-refractivity contribution in [2.75, 3.05) is 5.32 Å². The van der Waals surface area contributed by atoms with Crippen LogP contribution in [0.3, 0.4) is 0 Å². The van der Waals surface area contributed by atoms with Gasteiger partial charge in [0.25, 0.3) is 0 Å². The minimum absolute atomic E-state index is 0.000323. The summed E-state index contributed by atoms with van der Waals surface area (Å²) in [5.41, 5.74) is 1.01. The average Bonchev–Trinajstić information content (AvgIpc) is 2.86. The molecule has 0 atom stereocenters. The molecule has 0 spiro atoms. The molecule has 1 heterocycles. The molecule has 2 aromatic rings. The predicted octanol–water partition coefficient (Wildman–Crippen LogP) is 1.27. The van der Waals surface area contributed by atoms with Gasteiger partial charge in [0.1, 0.15) is 12.6 Å². The van der Waals surface area contributed by atoms with Crippen LogP contribution >= 0.6 is 0 Å². The highest BCUT2D eigenvalue weighted by Crippen LogP contribution is 2.09. The van der Waals surface area contributed by atoms with Crippen LogP contribution in [0.4, 0.5) is 5.69 Å². The molecule has 19 heavy (non-hydrogen) atoms. The van der Waals surface area contributed by atoms with Crippen molar-refractivity contribution in [3.05, 3.63) is 48.0 Å². The number of rotatable bonds is 3. The highest BCUT2D eigenvalue weighted by Gasteiger charge is 2.07. The first-order valence-electron chi connectivity index (χ1n) is 5.44. The molecule has 0 aliphatic rings. The van der Waals surface area contributed by atoms with Crippen molar-refractivity contribution in [2.45, 2.75) is 6.54 Å². The number of carbonyl (C=O) groups excluding carboxylic acids is 1. The summed E-state index contributed by atoms with van der Waals surface area (Å²) < 4.78 is 1.45. The Labute approximate surface area is 109 Å². The highest BCUT2D eigenvalue weighted by atomic mass is 16.1. The Morgan fingerprint density at radius 3 is 2.95 bits per heavy atom. The molecule has 6 nitrogen and oxygen atoms in total. The number of hydrogen-bond acceptors (Lipinski definition) is 4. The summed E-state index contributed by atoms with van der Waals surface area (Å²) in [6, 6.07) is 10.5. The molecule has 1 amide bonds. The van der Waals surface area contributed by atoms with Crippen LogP contribution in [-0.4, -0.2) is 15.5 Å². The Balaban J connectivity index is 2.06. The lowest BCUT2D eigenvalue weighted by molar-refractivity contribution is -0.116. The molecule has 0 saturated carbocycles. The average molecular weight is 251 g/mol. The molecule has 0 aliphatic heterocycles. The molecule has 2 rings (SSSR count). The van der Waals surface area contributed by atoms with Gasteiger partial charge in [-0.25, -0.2) is 4.98 Å². The largest absolute Gasteiger partial charge is 0.324 e. The standard InChI is InChI=1S/C13H9N5O/c14-7-10-2-1-3-11(6-10)17-13(19)9-18-5-4-16-12(18)8-15/h1-6H,9H2,(H,17,19). The smallest absolute Gasteiger partial charge is 0.244 e. The van der Waals surface area contributed by atoms with E-state index in [1.165, 1.54) is 10.8 Å². The van der Waals surface area contributed by atoms with E-state index in [1.807, 2.05) is 12.1 Å². The van der Waals surface area contributed by atoms with E-state index in [2.05, 4.69) is 10.3 Å². The van der Waals surface area contributed by atoms with Crippen molar-refractivity contribution >= 4 is 11.6 Å². The van der Waals surface area contributed by atoms with Gasteiger partial charge in [-0.1, -0.05) is 6.07 Å². The van der Waals surface area contributed by atoms with Gasteiger partial charge in [-0.3, -0.25) is 4.79 Å². The van der Waals surface area contributed by atoms with E-state index in [0.717, 1.165) is 0 Å². The number of nitriles is 2. The third-order valence-corrected chi connectivity index (χ3v) is 2.40. The van der Waals surface area contributed by atoms with E-state index < -0.39 is 0 Å². The van der Waals surface area contributed by atoms with Crippen LogP contribution < -0.4 is 5.32 Å². The van der Waals surface area contributed by atoms with Crippen molar-refractivity contribution in [3.63, 3.8) is 0 Å². The van der Waals surface area contributed by atoms with Crippen LogP contribution in [0.25, 0.3) is 0 Å². The van der Waals surface area contributed by atoms with Crippen LogP contribution in [0.1, 0.15) is 11.4 Å². The van der Waals surface area contributed by atoms with Gasteiger partial charge >= 0.3 is 0 Å². The van der Waals surface area contributed by atoms with Gasteiger partial charge in [0.15, 0.2) is 0 Å². The zero-order chi connectivity index (χ0) is 13.7. The quantitative estimate of drug-likeness (QED) is 0.888. The fourth-order valence-corrected chi connectivity index (χ4v) is 1.57. The minimum Gasteiger partial charge on any atom is -0.324 e. The first kappa shape index (κ1) is 12.3. The van der Waals surface area contributed by atoms with Gasteiger partial charge in [-0.2, -0.15) is 10.5 Å². The Bertz CT molecular complexity index is 690. The summed E-state index contributed by atoms with van der Waals surface area (Å²) in [4.78, 5) is 15.6. The van der Waals surface area contributed by atoms with Crippen molar-refractivity contribution in [2.24, 2.45) is 0 Å². The van der Waals surface area contributed by atoms with E-state index in [1.54, 1.807) is 30.5 Å². The molecule has 0 unspecified atom stereocenters. The number of imidazole rings is 1. The maximum atomic E-state index is 11.8. The molecule has 0 fully saturated rings. The molecular formula is C13H9N5O. The number of carbonyl (C=O) groups is 1.